The number of anilines is 1. The maximum Gasteiger partial charge on any atom is 0.230 e. The van der Waals surface area contributed by atoms with E-state index in [0.29, 0.717) is 30.9 Å². The average molecular weight is 302 g/mol. The van der Waals surface area contributed by atoms with Crippen LogP contribution in [-0.2, 0) is 4.79 Å². The van der Waals surface area contributed by atoms with Crippen molar-refractivity contribution in [3.05, 3.63) is 23.8 Å². The highest BCUT2D eigenvalue weighted by molar-refractivity contribution is 5.99. The third kappa shape index (κ3) is 3.14. The van der Waals surface area contributed by atoms with Crippen LogP contribution >= 0.6 is 0 Å². The van der Waals surface area contributed by atoms with E-state index in [1.165, 1.54) is 19.8 Å². The van der Waals surface area contributed by atoms with Crippen LogP contribution in [0.3, 0.4) is 0 Å². The number of ether oxygens (including phenoxy) is 1. The third-order valence-corrected chi connectivity index (χ3v) is 4.37. The van der Waals surface area contributed by atoms with Crippen LogP contribution in [0.5, 0.6) is 5.75 Å². The number of amides is 1. The molecule has 118 valence electrons. The SMILES string of the molecule is CC(=O)c1ccc2c(c1)N(CCN1CCCC1)C(=O)CCO2. The monoisotopic (exact) mass is 302 g/mol. The van der Waals surface area contributed by atoms with Crippen LogP contribution in [-0.4, -0.2) is 49.4 Å². The lowest BCUT2D eigenvalue weighted by Gasteiger charge is -2.25. The molecule has 5 heteroatoms. The summed E-state index contributed by atoms with van der Waals surface area (Å²) in [6.07, 6.45) is 2.86. The minimum atomic E-state index is -0.000936. The molecule has 1 fully saturated rings. The number of benzene rings is 1. The van der Waals surface area contributed by atoms with E-state index >= 15 is 0 Å². The van der Waals surface area contributed by atoms with Crippen molar-refractivity contribution in [2.75, 3.05) is 37.7 Å². The van der Waals surface area contributed by atoms with Gasteiger partial charge in [0.2, 0.25) is 5.91 Å². The van der Waals surface area contributed by atoms with Crippen LogP contribution in [0.25, 0.3) is 0 Å². The highest BCUT2D eigenvalue weighted by Gasteiger charge is 2.25. The molecule has 2 aliphatic rings. The number of carbonyl (C=O) groups excluding carboxylic acids is 2. The number of hydrogen-bond donors (Lipinski definition) is 0. The highest BCUT2D eigenvalue weighted by Crippen LogP contribution is 2.32. The first-order valence-corrected chi connectivity index (χ1v) is 7.95. The fourth-order valence-corrected chi connectivity index (χ4v) is 3.08. The van der Waals surface area contributed by atoms with Crippen molar-refractivity contribution in [1.82, 2.24) is 4.90 Å². The molecule has 0 bridgehead atoms. The first-order chi connectivity index (χ1) is 10.6. The van der Waals surface area contributed by atoms with Crippen LogP contribution in [0.4, 0.5) is 5.69 Å². The number of likely N-dealkylation sites (tertiary alicyclic amines) is 1. The van der Waals surface area contributed by atoms with Crippen molar-refractivity contribution >= 4 is 17.4 Å². The molecule has 1 aromatic rings. The van der Waals surface area contributed by atoms with E-state index in [1.807, 2.05) is 0 Å². The normalized spacial score (nSPS) is 18.8. The van der Waals surface area contributed by atoms with Crippen molar-refractivity contribution in [2.45, 2.75) is 26.2 Å². The largest absolute Gasteiger partial charge is 0.491 e. The molecule has 0 N–H and O–H groups in total. The maximum absolute atomic E-state index is 12.4. The Hall–Kier alpha value is -1.88. The summed E-state index contributed by atoms with van der Waals surface area (Å²) < 4.78 is 5.67. The predicted molar refractivity (Wildman–Crippen MR) is 84.6 cm³/mol. The summed E-state index contributed by atoms with van der Waals surface area (Å²) in [5.74, 6) is 0.759. The Morgan fingerprint density at radius 2 is 2.00 bits per heavy atom. The second-order valence-electron chi connectivity index (χ2n) is 5.93. The predicted octanol–water partition coefficient (Wildman–Crippen LogP) is 2.10. The van der Waals surface area contributed by atoms with Gasteiger partial charge in [-0.25, -0.2) is 0 Å². The van der Waals surface area contributed by atoms with Gasteiger partial charge in [-0.3, -0.25) is 9.59 Å². The van der Waals surface area contributed by atoms with Gasteiger partial charge < -0.3 is 14.5 Å². The van der Waals surface area contributed by atoms with Gasteiger partial charge in [0.25, 0.3) is 0 Å². The third-order valence-electron chi connectivity index (χ3n) is 4.37. The summed E-state index contributed by atoms with van der Waals surface area (Å²) in [4.78, 5) is 28.2. The summed E-state index contributed by atoms with van der Waals surface area (Å²) in [5, 5.41) is 0. The fourth-order valence-electron chi connectivity index (χ4n) is 3.08. The van der Waals surface area contributed by atoms with E-state index < -0.39 is 0 Å². The maximum atomic E-state index is 12.4. The topological polar surface area (TPSA) is 49.9 Å². The van der Waals surface area contributed by atoms with E-state index in [0.717, 1.165) is 25.3 Å². The summed E-state index contributed by atoms with van der Waals surface area (Å²) >= 11 is 0. The van der Waals surface area contributed by atoms with Gasteiger partial charge in [-0.15, -0.1) is 0 Å². The lowest BCUT2D eigenvalue weighted by molar-refractivity contribution is -0.118. The van der Waals surface area contributed by atoms with Crippen molar-refractivity contribution in [3.8, 4) is 5.75 Å². The minimum absolute atomic E-state index is 0.000936. The number of ketones is 1. The van der Waals surface area contributed by atoms with Gasteiger partial charge in [-0.05, 0) is 51.1 Å². The molecular weight excluding hydrogens is 280 g/mol. The molecule has 5 nitrogen and oxygen atoms in total. The molecule has 3 rings (SSSR count). The molecule has 0 aromatic heterocycles. The van der Waals surface area contributed by atoms with Gasteiger partial charge in [-0.1, -0.05) is 0 Å². The van der Waals surface area contributed by atoms with Crippen molar-refractivity contribution in [3.63, 3.8) is 0 Å². The second-order valence-corrected chi connectivity index (χ2v) is 5.93. The van der Waals surface area contributed by atoms with Crippen LogP contribution < -0.4 is 9.64 Å². The molecule has 1 aromatic carbocycles. The van der Waals surface area contributed by atoms with Crippen molar-refractivity contribution in [2.24, 2.45) is 0 Å². The van der Waals surface area contributed by atoms with Crippen LogP contribution in [0.1, 0.15) is 36.5 Å². The van der Waals surface area contributed by atoms with Crippen LogP contribution in [0.2, 0.25) is 0 Å². The Labute approximate surface area is 130 Å². The minimum Gasteiger partial charge on any atom is -0.491 e. The standard InChI is InChI=1S/C17H22N2O3/c1-13(20)14-4-5-16-15(12-14)19(17(21)6-11-22-16)10-9-18-7-2-3-8-18/h4-5,12H,2-3,6-11H2,1H3. The summed E-state index contributed by atoms with van der Waals surface area (Å²) in [7, 11) is 0. The molecular formula is C17H22N2O3. The molecule has 22 heavy (non-hydrogen) atoms. The van der Waals surface area contributed by atoms with E-state index in [-0.39, 0.29) is 11.7 Å². The molecule has 0 spiro atoms. The Morgan fingerprint density at radius 1 is 1.23 bits per heavy atom. The fraction of sp³-hybridized carbons (Fsp3) is 0.529. The van der Waals surface area contributed by atoms with Gasteiger partial charge in [0.15, 0.2) is 5.78 Å². The summed E-state index contributed by atoms with van der Waals surface area (Å²) in [6.45, 7) is 5.67. The highest BCUT2D eigenvalue weighted by atomic mass is 16.5. The summed E-state index contributed by atoms with van der Waals surface area (Å²) in [5.41, 5.74) is 1.35. The van der Waals surface area contributed by atoms with E-state index in [2.05, 4.69) is 4.90 Å². The van der Waals surface area contributed by atoms with Gasteiger partial charge in [0.1, 0.15) is 5.75 Å². The van der Waals surface area contributed by atoms with E-state index in [9.17, 15) is 9.59 Å². The molecule has 2 aliphatic heterocycles. The molecule has 0 unspecified atom stereocenters. The van der Waals surface area contributed by atoms with E-state index in [4.69, 9.17) is 4.74 Å². The quantitative estimate of drug-likeness (QED) is 0.799. The number of hydrogen-bond acceptors (Lipinski definition) is 4. The van der Waals surface area contributed by atoms with Gasteiger partial charge in [-0.2, -0.15) is 0 Å². The molecule has 1 amide bonds. The van der Waals surface area contributed by atoms with Crippen molar-refractivity contribution < 1.29 is 14.3 Å². The average Bonchev–Trinajstić information content (AvgIpc) is 2.96. The molecule has 2 heterocycles. The van der Waals surface area contributed by atoms with Gasteiger partial charge in [0.05, 0.1) is 18.7 Å². The first kappa shape index (κ1) is 15.0. The zero-order chi connectivity index (χ0) is 15.5. The molecule has 1 saturated heterocycles. The van der Waals surface area contributed by atoms with E-state index in [1.54, 1.807) is 23.1 Å². The van der Waals surface area contributed by atoms with Gasteiger partial charge >= 0.3 is 0 Å². The number of rotatable bonds is 4. The lowest BCUT2D eigenvalue weighted by Crippen LogP contribution is -2.37. The molecule has 0 aliphatic carbocycles. The number of fused-ring (bicyclic) bond motifs is 1. The summed E-state index contributed by atoms with van der Waals surface area (Å²) in [6, 6.07) is 5.34. The Morgan fingerprint density at radius 3 is 2.73 bits per heavy atom. The zero-order valence-corrected chi connectivity index (χ0v) is 13.0. The first-order valence-electron chi connectivity index (χ1n) is 7.95. The number of nitrogens with zero attached hydrogens (tertiary/aromatic N) is 2. The Kier molecular flexibility index (Phi) is 4.43. The molecule has 0 radical (unpaired) electrons. The van der Waals surface area contributed by atoms with Crippen molar-refractivity contribution in [1.29, 1.82) is 0 Å². The Balaban J connectivity index is 1.84. The number of carbonyl (C=O) groups is 2. The lowest BCUT2D eigenvalue weighted by atomic mass is 10.1. The molecule has 0 saturated carbocycles. The van der Waals surface area contributed by atoms with Crippen LogP contribution in [0, 0.1) is 0 Å². The molecule has 0 atom stereocenters. The smallest absolute Gasteiger partial charge is 0.230 e. The van der Waals surface area contributed by atoms with Gasteiger partial charge in [0, 0.05) is 18.7 Å². The zero-order valence-electron chi connectivity index (χ0n) is 13.0. The van der Waals surface area contributed by atoms with Crippen LogP contribution in [0.15, 0.2) is 18.2 Å². The Bertz CT molecular complexity index is 579. The number of Topliss-reactive ketones (excluding diaryl/α,β-unsaturated/α-hetero) is 1. The second kappa shape index (κ2) is 6.48.